The van der Waals surface area contributed by atoms with Gasteiger partial charge in [0.2, 0.25) is 0 Å². The number of fused-ring (bicyclic) bond motifs is 1. The Morgan fingerprint density at radius 1 is 1.42 bits per heavy atom. The summed E-state index contributed by atoms with van der Waals surface area (Å²) in [6, 6.07) is 4.81. The van der Waals surface area contributed by atoms with Crippen molar-refractivity contribution in [3.8, 4) is 5.75 Å². The van der Waals surface area contributed by atoms with Crippen molar-refractivity contribution in [2.75, 3.05) is 19.7 Å². The fraction of sp³-hybridized carbons (Fsp3) is 0.625. The predicted octanol–water partition coefficient (Wildman–Crippen LogP) is 2.88. The molecule has 0 radical (unpaired) electrons. The summed E-state index contributed by atoms with van der Waals surface area (Å²) < 4.78 is 6.06. The standard InChI is InChI=1S/C16H26N2O/c1-11(2)13-7-6-12(3)15-14(18-9-8-17)5-4-10-19-16(13)15/h6-7,11,14,18H,4-5,8-10,17H2,1-3H3. The van der Waals surface area contributed by atoms with Gasteiger partial charge < -0.3 is 15.8 Å². The summed E-state index contributed by atoms with van der Waals surface area (Å²) in [7, 11) is 0. The van der Waals surface area contributed by atoms with Gasteiger partial charge >= 0.3 is 0 Å². The van der Waals surface area contributed by atoms with Crippen molar-refractivity contribution >= 4 is 0 Å². The summed E-state index contributed by atoms with van der Waals surface area (Å²) >= 11 is 0. The van der Waals surface area contributed by atoms with Gasteiger partial charge in [0.15, 0.2) is 0 Å². The third-order valence-corrected chi connectivity index (χ3v) is 3.83. The van der Waals surface area contributed by atoms with Crippen molar-refractivity contribution in [2.45, 2.75) is 45.6 Å². The van der Waals surface area contributed by atoms with Crippen molar-refractivity contribution in [1.29, 1.82) is 0 Å². The first-order valence-electron chi connectivity index (χ1n) is 7.34. The molecule has 3 nitrogen and oxygen atoms in total. The van der Waals surface area contributed by atoms with Crippen LogP contribution in [0, 0.1) is 6.92 Å². The van der Waals surface area contributed by atoms with Crippen LogP contribution in [0.15, 0.2) is 12.1 Å². The molecule has 1 aliphatic heterocycles. The van der Waals surface area contributed by atoms with E-state index < -0.39 is 0 Å². The highest BCUT2D eigenvalue weighted by Crippen LogP contribution is 2.39. The fourth-order valence-electron chi connectivity index (χ4n) is 2.83. The van der Waals surface area contributed by atoms with Gasteiger partial charge in [-0.3, -0.25) is 0 Å². The van der Waals surface area contributed by atoms with Gasteiger partial charge in [-0.2, -0.15) is 0 Å². The smallest absolute Gasteiger partial charge is 0.127 e. The molecule has 0 fully saturated rings. The van der Waals surface area contributed by atoms with E-state index >= 15 is 0 Å². The number of hydrogen-bond acceptors (Lipinski definition) is 3. The summed E-state index contributed by atoms with van der Waals surface area (Å²) in [5.74, 6) is 1.60. The van der Waals surface area contributed by atoms with E-state index in [1.165, 1.54) is 16.7 Å². The summed E-state index contributed by atoms with van der Waals surface area (Å²) in [6.07, 6.45) is 2.21. The van der Waals surface area contributed by atoms with Crippen molar-refractivity contribution in [3.63, 3.8) is 0 Å². The van der Waals surface area contributed by atoms with Crippen LogP contribution < -0.4 is 15.8 Å². The minimum absolute atomic E-state index is 0.375. The molecule has 0 amide bonds. The first-order chi connectivity index (χ1) is 9.15. The maximum absolute atomic E-state index is 6.06. The minimum Gasteiger partial charge on any atom is -0.493 e. The molecule has 0 aromatic heterocycles. The zero-order valence-electron chi connectivity index (χ0n) is 12.3. The Balaban J connectivity index is 2.43. The summed E-state index contributed by atoms with van der Waals surface area (Å²) in [4.78, 5) is 0. The van der Waals surface area contributed by atoms with E-state index in [9.17, 15) is 0 Å². The molecule has 0 spiro atoms. The van der Waals surface area contributed by atoms with E-state index in [0.717, 1.165) is 31.7 Å². The molecule has 3 N–H and O–H groups in total. The number of benzene rings is 1. The SMILES string of the molecule is Cc1ccc(C(C)C)c2c1C(NCCN)CCCO2. The van der Waals surface area contributed by atoms with Crippen LogP contribution in [-0.4, -0.2) is 19.7 Å². The molecule has 0 saturated heterocycles. The van der Waals surface area contributed by atoms with Gasteiger partial charge in [-0.05, 0) is 36.8 Å². The maximum atomic E-state index is 6.06. The molecule has 1 aromatic rings. The molecule has 0 saturated carbocycles. The predicted molar refractivity (Wildman–Crippen MR) is 79.8 cm³/mol. The summed E-state index contributed by atoms with van der Waals surface area (Å²) in [5.41, 5.74) is 9.61. The quantitative estimate of drug-likeness (QED) is 0.877. The topological polar surface area (TPSA) is 47.3 Å². The molecule has 1 aliphatic rings. The van der Waals surface area contributed by atoms with Gasteiger partial charge in [0.25, 0.3) is 0 Å². The van der Waals surface area contributed by atoms with E-state index in [4.69, 9.17) is 10.5 Å². The van der Waals surface area contributed by atoms with E-state index in [2.05, 4.69) is 38.2 Å². The lowest BCUT2D eigenvalue weighted by molar-refractivity contribution is 0.311. The van der Waals surface area contributed by atoms with E-state index in [-0.39, 0.29) is 0 Å². The Hall–Kier alpha value is -1.06. The second-order valence-corrected chi connectivity index (χ2v) is 5.66. The summed E-state index contributed by atoms with van der Waals surface area (Å²) in [5, 5.41) is 3.57. The Morgan fingerprint density at radius 2 is 2.21 bits per heavy atom. The van der Waals surface area contributed by atoms with Crippen molar-refractivity contribution in [3.05, 3.63) is 28.8 Å². The van der Waals surface area contributed by atoms with Crippen LogP contribution in [0.25, 0.3) is 0 Å². The third kappa shape index (κ3) is 3.10. The first kappa shape index (κ1) is 14.4. The molecule has 0 bridgehead atoms. The monoisotopic (exact) mass is 262 g/mol. The van der Waals surface area contributed by atoms with Crippen LogP contribution in [0.3, 0.4) is 0 Å². The molecule has 3 heteroatoms. The second kappa shape index (κ2) is 6.40. The first-order valence-corrected chi connectivity index (χ1v) is 7.34. The zero-order valence-corrected chi connectivity index (χ0v) is 12.3. The Bertz CT molecular complexity index is 429. The molecule has 106 valence electrons. The molecular formula is C16H26N2O. The largest absolute Gasteiger partial charge is 0.493 e. The van der Waals surface area contributed by atoms with Crippen LogP contribution in [-0.2, 0) is 0 Å². The number of nitrogens with two attached hydrogens (primary N) is 1. The number of rotatable bonds is 4. The maximum Gasteiger partial charge on any atom is 0.127 e. The van der Waals surface area contributed by atoms with Crippen LogP contribution in [0.4, 0.5) is 0 Å². The van der Waals surface area contributed by atoms with Crippen molar-refractivity contribution < 1.29 is 4.74 Å². The Kier molecular flexibility index (Phi) is 4.83. The van der Waals surface area contributed by atoms with Crippen LogP contribution in [0.5, 0.6) is 5.75 Å². The number of hydrogen-bond donors (Lipinski definition) is 2. The highest BCUT2D eigenvalue weighted by molar-refractivity contribution is 5.49. The average Bonchev–Trinajstić information content (AvgIpc) is 2.59. The lowest BCUT2D eigenvalue weighted by atomic mass is 9.91. The van der Waals surface area contributed by atoms with Crippen molar-refractivity contribution in [1.82, 2.24) is 5.32 Å². The van der Waals surface area contributed by atoms with Gasteiger partial charge in [-0.15, -0.1) is 0 Å². The molecule has 1 aromatic carbocycles. The van der Waals surface area contributed by atoms with Gasteiger partial charge in [-0.1, -0.05) is 26.0 Å². The van der Waals surface area contributed by atoms with Gasteiger partial charge in [0.1, 0.15) is 5.75 Å². The number of aryl methyl sites for hydroxylation is 1. The summed E-state index contributed by atoms with van der Waals surface area (Å²) in [6.45, 7) is 8.97. The van der Waals surface area contributed by atoms with E-state index in [1.54, 1.807) is 0 Å². The average molecular weight is 262 g/mol. The lowest BCUT2D eigenvalue weighted by Gasteiger charge is -2.23. The van der Waals surface area contributed by atoms with Gasteiger partial charge in [0.05, 0.1) is 6.61 Å². The highest BCUT2D eigenvalue weighted by Gasteiger charge is 2.24. The van der Waals surface area contributed by atoms with Crippen LogP contribution in [0.1, 0.15) is 55.3 Å². The highest BCUT2D eigenvalue weighted by atomic mass is 16.5. The Morgan fingerprint density at radius 3 is 2.89 bits per heavy atom. The normalized spacial score (nSPS) is 18.9. The molecular weight excluding hydrogens is 236 g/mol. The number of ether oxygens (including phenoxy) is 1. The lowest BCUT2D eigenvalue weighted by Crippen LogP contribution is -2.27. The van der Waals surface area contributed by atoms with Gasteiger partial charge in [-0.25, -0.2) is 0 Å². The molecule has 1 atom stereocenters. The molecule has 19 heavy (non-hydrogen) atoms. The van der Waals surface area contributed by atoms with E-state index in [0.29, 0.717) is 18.5 Å². The van der Waals surface area contributed by atoms with E-state index in [1.807, 2.05) is 0 Å². The molecule has 0 aliphatic carbocycles. The van der Waals surface area contributed by atoms with Crippen LogP contribution in [0.2, 0.25) is 0 Å². The second-order valence-electron chi connectivity index (χ2n) is 5.66. The number of nitrogens with one attached hydrogen (secondary N) is 1. The minimum atomic E-state index is 0.375. The molecule has 1 unspecified atom stereocenters. The third-order valence-electron chi connectivity index (χ3n) is 3.83. The fourth-order valence-corrected chi connectivity index (χ4v) is 2.83. The van der Waals surface area contributed by atoms with Crippen LogP contribution >= 0.6 is 0 Å². The van der Waals surface area contributed by atoms with Gasteiger partial charge in [0, 0.05) is 24.7 Å². The zero-order chi connectivity index (χ0) is 13.8. The molecule has 1 heterocycles. The van der Waals surface area contributed by atoms with Crippen molar-refractivity contribution in [2.24, 2.45) is 5.73 Å². The Labute approximate surface area is 116 Å². The molecule has 2 rings (SSSR count).